The van der Waals surface area contributed by atoms with Crippen molar-refractivity contribution in [3.63, 3.8) is 0 Å². The first-order chi connectivity index (χ1) is 16.8. The van der Waals surface area contributed by atoms with Gasteiger partial charge < -0.3 is 34.4 Å². The molecule has 0 heterocycles. The molecule has 0 unspecified atom stereocenters. The number of nitrogens with one attached hydrogen (secondary N) is 1. The molecule has 0 saturated heterocycles. The molecule has 4 N–H and O–H groups in total. The largest absolute Gasteiger partial charge is 0.491 e. The number of hydrogen-bond acceptors (Lipinski definition) is 6. The van der Waals surface area contributed by atoms with Crippen molar-refractivity contribution in [1.29, 1.82) is 0 Å². The van der Waals surface area contributed by atoms with E-state index in [1.165, 1.54) is 0 Å². The summed E-state index contributed by atoms with van der Waals surface area (Å²) in [6.07, 6.45) is -0.595. The lowest BCUT2D eigenvalue weighted by Crippen LogP contribution is -2.37. The number of benzene rings is 3. The smallest absolute Gasteiger partial charge is 0.362 e. The monoisotopic (exact) mass is 501 g/mol. The third kappa shape index (κ3) is 10.5. The van der Waals surface area contributed by atoms with Crippen LogP contribution in [-0.2, 0) is 17.6 Å². The van der Waals surface area contributed by atoms with Gasteiger partial charge in [-0.25, -0.2) is 0 Å². The van der Waals surface area contributed by atoms with Crippen molar-refractivity contribution in [1.82, 2.24) is 5.32 Å². The van der Waals surface area contributed by atoms with E-state index in [0.717, 1.165) is 23.3 Å². The summed E-state index contributed by atoms with van der Waals surface area (Å²) in [5.74, 6) is 1.81. The summed E-state index contributed by atoms with van der Waals surface area (Å²) >= 11 is 0. The van der Waals surface area contributed by atoms with E-state index in [1.807, 2.05) is 73.7 Å². The summed E-state index contributed by atoms with van der Waals surface area (Å²) < 4.78 is 27.4. The van der Waals surface area contributed by atoms with Gasteiger partial charge in [-0.3, -0.25) is 4.57 Å². The SMILES string of the molecule is C[C@H](Cc1ccc(OCP(=O)(O)O)cc1)NC[C@H](O)COc1ccc(OCc2ccccc2)cc1. The van der Waals surface area contributed by atoms with Gasteiger partial charge in [-0.1, -0.05) is 42.5 Å². The second-order valence-electron chi connectivity index (χ2n) is 8.31. The van der Waals surface area contributed by atoms with Gasteiger partial charge in [0, 0.05) is 12.6 Å². The predicted molar refractivity (Wildman–Crippen MR) is 134 cm³/mol. The van der Waals surface area contributed by atoms with Crippen LogP contribution in [0.5, 0.6) is 17.2 Å². The van der Waals surface area contributed by atoms with Crippen molar-refractivity contribution >= 4 is 7.60 Å². The highest BCUT2D eigenvalue weighted by atomic mass is 31.2. The van der Waals surface area contributed by atoms with Gasteiger partial charge in [-0.15, -0.1) is 0 Å². The minimum Gasteiger partial charge on any atom is -0.491 e. The minimum atomic E-state index is -4.20. The minimum absolute atomic E-state index is 0.104. The molecule has 0 aromatic heterocycles. The fourth-order valence-corrected chi connectivity index (χ4v) is 3.58. The first kappa shape index (κ1) is 26.7. The standard InChI is InChI=1S/C26H32NO7P/c1-20(15-21-7-9-26(10-8-21)34-19-35(29,30)31)27-16-23(28)18-33-25-13-11-24(12-14-25)32-17-22-5-3-2-4-6-22/h2-14,20,23,27-28H,15-19H2,1H3,(H2,29,30,31)/t20-,23+/m1/s1. The Labute approximate surface area is 205 Å². The summed E-state index contributed by atoms with van der Waals surface area (Å²) in [4.78, 5) is 17.7. The third-order valence-electron chi connectivity index (χ3n) is 5.08. The molecule has 0 spiro atoms. The normalized spacial score (nSPS) is 13.1. The number of ether oxygens (including phenoxy) is 3. The van der Waals surface area contributed by atoms with E-state index < -0.39 is 20.0 Å². The lowest BCUT2D eigenvalue weighted by Gasteiger charge is -2.18. The molecule has 9 heteroatoms. The van der Waals surface area contributed by atoms with Crippen molar-refractivity contribution in [3.05, 3.63) is 90.0 Å². The molecule has 0 aliphatic rings. The van der Waals surface area contributed by atoms with Crippen LogP contribution in [0.4, 0.5) is 0 Å². The van der Waals surface area contributed by atoms with Gasteiger partial charge in [0.25, 0.3) is 0 Å². The molecule has 2 atom stereocenters. The maximum atomic E-state index is 10.9. The molecule has 0 aliphatic heterocycles. The number of aliphatic hydroxyl groups is 1. The zero-order valence-corrected chi connectivity index (χ0v) is 20.5. The first-order valence-corrected chi connectivity index (χ1v) is 13.1. The Balaban J connectivity index is 1.33. The van der Waals surface area contributed by atoms with Gasteiger partial charge in [-0.2, -0.15) is 0 Å². The Hall–Kier alpha value is -2.87. The molecule has 0 saturated carbocycles. The Morgan fingerprint density at radius 3 is 2.00 bits per heavy atom. The van der Waals surface area contributed by atoms with Crippen LogP contribution < -0.4 is 19.5 Å². The van der Waals surface area contributed by atoms with Gasteiger partial charge in [-0.05, 0) is 60.9 Å². The molecule has 3 aromatic rings. The van der Waals surface area contributed by atoms with Crippen LogP contribution >= 0.6 is 7.60 Å². The Bertz CT molecular complexity index is 1060. The average molecular weight is 502 g/mol. The van der Waals surface area contributed by atoms with Crippen molar-refractivity contribution in [2.75, 3.05) is 19.5 Å². The van der Waals surface area contributed by atoms with Gasteiger partial charge in [0.15, 0.2) is 6.35 Å². The molecular formula is C26H32NO7P. The molecule has 0 radical (unpaired) electrons. The summed E-state index contributed by atoms with van der Waals surface area (Å²) in [6.45, 7) is 3.05. The fraction of sp³-hybridized carbons (Fsp3) is 0.308. The van der Waals surface area contributed by atoms with E-state index in [2.05, 4.69) is 5.32 Å². The van der Waals surface area contributed by atoms with E-state index in [9.17, 15) is 9.67 Å². The number of aliphatic hydroxyl groups excluding tert-OH is 1. The van der Waals surface area contributed by atoms with E-state index in [4.69, 9.17) is 24.0 Å². The molecule has 0 fully saturated rings. The molecule has 0 bridgehead atoms. The van der Waals surface area contributed by atoms with Crippen molar-refractivity contribution in [2.24, 2.45) is 0 Å². The molecule has 8 nitrogen and oxygen atoms in total. The van der Waals surface area contributed by atoms with Crippen LogP contribution in [0, 0.1) is 0 Å². The Kier molecular flexibility index (Phi) is 10.1. The van der Waals surface area contributed by atoms with Gasteiger partial charge >= 0.3 is 7.60 Å². The van der Waals surface area contributed by atoms with Crippen LogP contribution in [0.25, 0.3) is 0 Å². The zero-order chi connectivity index (χ0) is 25.1. The van der Waals surface area contributed by atoms with Crippen molar-refractivity contribution in [2.45, 2.75) is 32.1 Å². The van der Waals surface area contributed by atoms with E-state index in [1.54, 1.807) is 12.1 Å². The van der Waals surface area contributed by atoms with Gasteiger partial charge in [0.05, 0.1) is 0 Å². The number of hydrogen-bond donors (Lipinski definition) is 4. The van der Waals surface area contributed by atoms with E-state index in [0.29, 0.717) is 24.7 Å². The maximum Gasteiger partial charge on any atom is 0.362 e. The highest BCUT2D eigenvalue weighted by Crippen LogP contribution is 2.34. The van der Waals surface area contributed by atoms with Crippen LogP contribution in [0.15, 0.2) is 78.9 Å². The van der Waals surface area contributed by atoms with Gasteiger partial charge in [0.1, 0.15) is 36.6 Å². The summed E-state index contributed by atoms with van der Waals surface area (Å²) in [6, 6.07) is 24.4. The van der Waals surface area contributed by atoms with Gasteiger partial charge in [0.2, 0.25) is 0 Å². The molecular weight excluding hydrogens is 469 g/mol. The zero-order valence-electron chi connectivity index (χ0n) is 19.6. The molecule has 0 amide bonds. The lowest BCUT2D eigenvalue weighted by atomic mass is 10.1. The first-order valence-electron chi connectivity index (χ1n) is 11.3. The molecule has 188 valence electrons. The highest BCUT2D eigenvalue weighted by Gasteiger charge is 2.14. The Morgan fingerprint density at radius 2 is 1.37 bits per heavy atom. The molecule has 0 aliphatic carbocycles. The lowest BCUT2D eigenvalue weighted by molar-refractivity contribution is 0.104. The fourth-order valence-electron chi connectivity index (χ4n) is 3.27. The van der Waals surface area contributed by atoms with E-state index in [-0.39, 0.29) is 12.6 Å². The topological polar surface area (TPSA) is 117 Å². The predicted octanol–water partition coefficient (Wildman–Crippen LogP) is 3.74. The average Bonchev–Trinajstić information content (AvgIpc) is 2.85. The van der Waals surface area contributed by atoms with Crippen LogP contribution in [0.2, 0.25) is 0 Å². The maximum absolute atomic E-state index is 10.9. The summed E-state index contributed by atoms with van der Waals surface area (Å²) in [5.41, 5.74) is 2.13. The summed E-state index contributed by atoms with van der Waals surface area (Å²) in [7, 11) is -4.20. The van der Waals surface area contributed by atoms with Crippen molar-refractivity contribution < 1.29 is 33.7 Å². The molecule has 3 rings (SSSR count). The second kappa shape index (κ2) is 13.3. The Morgan fingerprint density at radius 1 is 0.800 bits per heavy atom. The van der Waals surface area contributed by atoms with Crippen LogP contribution in [-0.4, -0.2) is 46.5 Å². The quantitative estimate of drug-likeness (QED) is 0.247. The van der Waals surface area contributed by atoms with Crippen LogP contribution in [0.3, 0.4) is 0 Å². The van der Waals surface area contributed by atoms with Crippen molar-refractivity contribution in [3.8, 4) is 17.2 Å². The van der Waals surface area contributed by atoms with Crippen LogP contribution in [0.1, 0.15) is 18.1 Å². The summed E-state index contributed by atoms with van der Waals surface area (Å²) in [5, 5.41) is 13.5. The van der Waals surface area contributed by atoms with E-state index >= 15 is 0 Å². The third-order valence-corrected chi connectivity index (χ3v) is 5.55. The molecule has 35 heavy (non-hydrogen) atoms. The second-order valence-corrected chi connectivity index (χ2v) is 9.89. The highest BCUT2D eigenvalue weighted by molar-refractivity contribution is 7.51. The number of rotatable bonds is 14. The molecule has 3 aromatic carbocycles.